The van der Waals surface area contributed by atoms with Gasteiger partial charge in [0.15, 0.2) is 0 Å². The van der Waals surface area contributed by atoms with E-state index in [0.29, 0.717) is 0 Å². The van der Waals surface area contributed by atoms with E-state index in [4.69, 9.17) is 0 Å². The smallest absolute Gasteiger partial charge is 0.0237 e. The summed E-state index contributed by atoms with van der Waals surface area (Å²) in [4.78, 5) is 0. The van der Waals surface area contributed by atoms with Gasteiger partial charge in [-0.15, -0.1) is 8.58 Å². The lowest BCUT2D eigenvalue weighted by molar-refractivity contribution is 0.513. The van der Waals surface area contributed by atoms with Gasteiger partial charge in [-0.1, -0.05) is 39.0 Å². The van der Waals surface area contributed by atoms with Crippen LogP contribution in [-0.2, 0) is 0 Å². The molecule has 1 unspecified atom stereocenters. The molecule has 0 spiro atoms. The second kappa shape index (κ2) is 6.89. The molecule has 1 heteroatoms. The van der Waals surface area contributed by atoms with Crippen molar-refractivity contribution < 1.29 is 0 Å². The molecule has 1 fully saturated rings. The Morgan fingerprint density at radius 3 is 2.50 bits per heavy atom. The molecular weight excluding hydrogens is 163 g/mol. The fourth-order valence-corrected chi connectivity index (χ4v) is 3.67. The molecule has 0 saturated heterocycles. The standard InChI is InChI=1S/C11H23P/c1-2-3-7-10-12-11-8-5-4-6-9-11/h11-12H,2-10H2,1H3. The van der Waals surface area contributed by atoms with Gasteiger partial charge in [0.25, 0.3) is 0 Å². The first-order valence-corrected chi connectivity index (χ1v) is 6.95. The van der Waals surface area contributed by atoms with Crippen LogP contribution in [0.4, 0.5) is 0 Å². The zero-order valence-corrected chi connectivity index (χ0v) is 9.44. The molecule has 0 N–H and O–H groups in total. The van der Waals surface area contributed by atoms with E-state index in [1.807, 2.05) is 0 Å². The lowest BCUT2D eigenvalue weighted by Gasteiger charge is -2.21. The summed E-state index contributed by atoms with van der Waals surface area (Å²) in [6.45, 7) is 2.30. The number of hydrogen-bond donors (Lipinski definition) is 0. The summed E-state index contributed by atoms with van der Waals surface area (Å²) < 4.78 is 0. The molecule has 72 valence electrons. The zero-order valence-electron chi connectivity index (χ0n) is 8.44. The summed E-state index contributed by atoms with van der Waals surface area (Å²) in [5, 5.41) is 0. The van der Waals surface area contributed by atoms with Gasteiger partial charge in [-0.05, 0) is 31.1 Å². The Morgan fingerprint density at radius 1 is 1.08 bits per heavy atom. The molecule has 1 saturated carbocycles. The summed E-state index contributed by atoms with van der Waals surface area (Å²) in [5.74, 6) is 0. The summed E-state index contributed by atoms with van der Waals surface area (Å²) in [6.07, 6.45) is 13.5. The molecule has 1 aliphatic rings. The molecule has 1 atom stereocenters. The van der Waals surface area contributed by atoms with Gasteiger partial charge in [-0.25, -0.2) is 0 Å². The van der Waals surface area contributed by atoms with Crippen molar-refractivity contribution in [2.45, 2.75) is 63.9 Å². The van der Waals surface area contributed by atoms with E-state index in [2.05, 4.69) is 6.92 Å². The second-order valence-electron chi connectivity index (χ2n) is 4.00. The van der Waals surface area contributed by atoms with Gasteiger partial charge in [0.2, 0.25) is 0 Å². The Labute approximate surface area is 79.3 Å². The second-order valence-corrected chi connectivity index (χ2v) is 5.72. The van der Waals surface area contributed by atoms with Crippen molar-refractivity contribution in [2.24, 2.45) is 0 Å². The fraction of sp³-hybridized carbons (Fsp3) is 1.00. The van der Waals surface area contributed by atoms with Crippen LogP contribution in [-0.4, -0.2) is 11.8 Å². The molecule has 0 bridgehead atoms. The van der Waals surface area contributed by atoms with E-state index in [1.165, 1.54) is 53.3 Å². The van der Waals surface area contributed by atoms with Gasteiger partial charge in [0.05, 0.1) is 0 Å². The average molecular weight is 186 g/mol. The highest BCUT2D eigenvalue weighted by molar-refractivity contribution is 7.38. The predicted molar refractivity (Wildman–Crippen MR) is 59.6 cm³/mol. The summed E-state index contributed by atoms with van der Waals surface area (Å²) in [6, 6.07) is 0. The van der Waals surface area contributed by atoms with Crippen molar-refractivity contribution in [1.82, 2.24) is 0 Å². The maximum absolute atomic E-state index is 2.30. The minimum absolute atomic E-state index is 1.13. The summed E-state index contributed by atoms with van der Waals surface area (Å²) in [5.41, 5.74) is 1.13. The van der Waals surface area contributed by atoms with Crippen LogP contribution >= 0.6 is 8.58 Å². The largest absolute Gasteiger partial charge is 0.119 e. The van der Waals surface area contributed by atoms with Crippen LogP contribution in [0.1, 0.15) is 58.3 Å². The van der Waals surface area contributed by atoms with Crippen LogP contribution < -0.4 is 0 Å². The number of unbranched alkanes of at least 4 members (excludes halogenated alkanes) is 2. The molecule has 12 heavy (non-hydrogen) atoms. The molecule has 0 radical (unpaired) electrons. The molecule has 0 aliphatic heterocycles. The quantitative estimate of drug-likeness (QED) is 0.446. The highest BCUT2D eigenvalue weighted by Crippen LogP contribution is 2.33. The predicted octanol–water partition coefficient (Wildman–Crippen LogP) is 4.19. The highest BCUT2D eigenvalue weighted by atomic mass is 31.1. The van der Waals surface area contributed by atoms with Crippen molar-refractivity contribution in [3.05, 3.63) is 0 Å². The van der Waals surface area contributed by atoms with Crippen LogP contribution in [0.15, 0.2) is 0 Å². The first kappa shape index (κ1) is 10.5. The van der Waals surface area contributed by atoms with Crippen LogP contribution in [0.2, 0.25) is 0 Å². The van der Waals surface area contributed by atoms with Crippen molar-refractivity contribution in [3.63, 3.8) is 0 Å². The summed E-state index contributed by atoms with van der Waals surface area (Å²) >= 11 is 0. The molecule has 0 heterocycles. The number of hydrogen-bond acceptors (Lipinski definition) is 0. The van der Waals surface area contributed by atoms with Crippen molar-refractivity contribution in [3.8, 4) is 0 Å². The van der Waals surface area contributed by atoms with Gasteiger partial charge in [-0.2, -0.15) is 0 Å². The third-order valence-electron chi connectivity index (χ3n) is 2.82. The molecule has 0 aromatic rings. The van der Waals surface area contributed by atoms with Gasteiger partial charge in [-0.3, -0.25) is 0 Å². The van der Waals surface area contributed by atoms with Crippen molar-refractivity contribution >= 4 is 8.58 Å². The first-order valence-electron chi connectivity index (χ1n) is 5.67. The van der Waals surface area contributed by atoms with E-state index in [9.17, 15) is 0 Å². The van der Waals surface area contributed by atoms with E-state index in [0.717, 1.165) is 5.66 Å². The summed E-state index contributed by atoms with van der Waals surface area (Å²) in [7, 11) is 1.29. The van der Waals surface area contributed by atoms with Crippen molar-refractivity contribution in [2.75, 3.05) is 6.16 Å². The van der Waals surface area contributed by atoms with E-state index >= 15 is 0 Å². The fourth-order valence-electron chi connectivity index (χ4n) is 1.99. The molecular formula is C11H23P. The third kappa shape index (κ3) is 4.45. The molecule has 1 aliphatic carbocycles. The van der Waals surface area contributed by atoms with Gasteiger partial charge in [0, 0.05) is 0 Å². The molecule has 0 nitrogen and oxygen atoms in total. The number of rotatable bonds is 5. The lowest BCUT2D eigenvalue weighted by atomic mass is 10.0. The SMILES string of the molecule is CCCCCPC1CCCCC1. The van der Waals surface area contributed by atoms with Crippen LogP contribution in [0, 0.1) is 0 Å². The Balaban J connectivity index is 1.91. The molecule has 0 amide bonds. The van der Waals surface area contributed by atoms with Gasteiger partial charge < -0.3 is 0 Å². The maximum atomic E-state index is 2.30. The third-order valence-corrected chi connectivity index (χ3v) is 4.62. The van der Waals surface area contributed by atoms with Crippen LogP contribution in [0.3, 0.4) is 0 Å². The van der Waals surface area contributed by atoms with Crippen LogP contribution in [0.25, 0.3) is 0 Å². The van der Waals surface area contributed by atoms with E-state index in [-0.39, 0.29) is 0 Å². The first-order chi connectivity index (χ1) is 5.93. The molecule has 0 aromatic heterocycles. The minimum atomic E-state index is 1.13. The Hall–Kier alpha value is 0.430. The minimum Gasteiger partial charge on any atom is -0.119 e. The molecule has 1 rings (SSSR count). The zero-order chi connectivity index (χ0) is 8.65. The Kier molecular flexibility index (Phi) is 6.04. The Bertz CT molecular complexity index is 95.2. The average Bonchev–Trinajstić information content (AvgIpc) is 2.14. The molecule has 0 aromatic carbocycles. The van der Waals surface area contributed by atoms with Crippen molar-refractivity contribution in [1.29, 1.82) is 0 Å². The van der Waals surface area contributed by atoms with Crippen LogP contribution in [0.5, 0.6) is 0 Å². The lowest BCUT2D eigenvalue weighted by Crippen LogP contribution is -2.06. The van der Waals surface area contributed by atoms with E-state index < -0.39 is 0 Å². The van der Waals surface area contributed by atoms with Gasteiger partial charge in [0.1, 0.15) is 0 Å². The van der Waals surface area contributed by atoms with E-state index in [1.54, 1.807) is 12.8 Å². The monoisotopic (exact) mass is 186 g/mol. The normalized spacial score (nSPS) is 20.8. The Morgan fingerprint density at radius 2 is 1.83 bits per heavy atom. The van der Waals surface area contributed by atoms with Gasteiger partial charge >= 0.3 is 0 Å². The highest BCUT2D eigenvalue weighted by Gasteiger charge is 2.11. The maximum Gasteiger partial charge on any atom is -0.0237 e. The topological polar surface area (TPSA) is 0 Å².